The molecule has 0 bridgehead atoms. The zero-order chi connectivity index (χ0) is 20.7. The van der Waals surface area contributed by atoms with Gasteiger partial charge in [0.2, 0.25) is 5.75 Å². The van der Waals surface area contributed by atoms with Crippen LogP contribution in [0.25, 0.3) is 0 Å². The Kier molecular flexibility index (Phi) is 7.26. The number of methoxy groups -OCH3 is 3. The van der Waals surface area contributed by atoms with Gasteiger partial charge in [-0.1, -0.05) is 25.1 Å². The maximum atomic E-state index is 12.4. The highest BCUT2D eigenvalue weighted by molar-refractivity contribution is 5.97. The van der Waals surface area contributed by atoms with Gasteiger partial charge in [-0.2, -0.15) is 0 Å². The van der Waals surface area contributed by atoms with E-state index in [4.69, 9.17) is 18.9 Å². The normalized spacial score (nSPS) is 10.2. The van der Waals surface area contributed by atoms with Crippen molar-refractivity contribution >= 4 is 17.6 Å². The maximum absolute atomic E-state index is 12.4. The molecule has 7 nitrogen and oxygen atoms in total. The van der Waals surface area contributed by atoms with E-state index in [-0.39, 0.29) is 5.56 Å². The highest BCUT2D eigenvalue weighted by atomic mass is 16.5. The van der Waals surface area contributed by atoms with Gasteiger partial charge >= 0.3 is 5.97 Å². The van der Waals surface area contributed by atoms with Gasteiger partial charge in [0.25, 0.3) is 5.91 Å². The van der Waals surface area contributed by atoms with Crippen molar-refractivity contribution in [2.45, 2.75) is 20.3 Å². The summed E-state index contributed by atoms with van der Waals surface area (Å²) in [5, 5.41) is 2.81. The monoisotopic (exact) mass is 387 g/mol. The lowest BCUT2D eigenvalue weighted by Crippen LogP contribution is -2.22. The first-order valence-electron chi connectivity index (χ1n) is 8.80. The fraction of sp³-hybridized carbons (Fsp3) is 0.333. The van der Waals surface area contributed by atoms with Crippen LogP contribution in [0.3, 0.4) is 0 Å². The molecule has 0 spiro atoms. The molecule has 0 unspecified atom stereocenters. The lowest BCUT2D eigenvalue weighted by atomic mass is 10.1. The van der Waals surface area contributed by atoms with Crippen LogP contribution in [0.5, 0.6) is 17.2 Å². The predicted molar refractivity (Wildman–Crippen MR) is 106 cm³/mol. The molecule has 0 aliphatic carbocycles. The van der Waals surface area contributed by atoms with Crippen LogP contribution in [0.15, 0.2) is 30.3 Å². The third-order valence-corrected chi connectivity index (χ3v) is 4.24. The molecule has 0 aliphatic heterocycles. The molecule has 2 aromatic carbocycles. The third kappa shape index (κ3) is 4.73. The Morgan fingerprint density at radius 2 is 1.64 bits per heavy atom. The van der Waals surface area contributed by atoms with Crippen LogP contribution in [0.1, 0.15) is 28.4 Å². The van der Waals surface area contributed by atoms with Crippen LogP contribution in [0.2, 0.25) is 0 Å². The number of ether oxygens (including phenoxy) is 4. The minimum absolute atomic E-state index is 0.187. The number of amides is 1. The number of aryl methyl sites for hydroxylation is 2. The number of nitrogens with one attached hydrogen (secondary N) is 1. The summed E-state index contributed by atoms with van der Waals surface area (Å²) in [5.74, 6) is -0.0675. The quantitative estimate of drug-likeness (QED) is 0.699. The summed E-state index contributed by atoms with van der Waals surface area (Å²) in [6, 6.07) is 8.74. The van der Waals surface area contributed by atoms with E-state index in [1.54, 1.807) is 0 Å². The van der Waals surface area contributed by atoms with Gasteiger partial charge in [0.05, 0.1) is 26.9 Å². The molecule has 2 aromatic rings. The number of carbonyl (C=O) groups excluding carboxylic acids is 2. The van der Waals surface area contributed by atoms with Gasteiger partial charge in [0, 0.05) is 5.69 Å². The number of hydrogen-bond donors (Lipinski definition) is 1. The van der Waals surface area contributed by atoms with E-state index in [9.17, 15) is 9.59 Å². The van der Waals surface area contributed by atoms with Crippen LogP contribution in [-0.2, 0) is 16.0 Å². The molecule has 0 atom stereocenters. The first-order valence-corrected chi connectivity index (χ1v) is 8.80. The molecular formula is C21H25NO6. The molecule has 0 fully saturated rings. The Balaban J connectivity index is 2.09. The van der Waals surface area contributed by atoms with Crippen molar-refractivity contribution in [3.05, 3.63) is 47.0 Å². The van der Waals surface area contributed by atoms with Crippen molar-refractivity contribution in [2.75, 3.05) is 33.3 Å². The van der Waals surface area contributed by atoms with E-state index in [1.807, 2.05) is 32.0 Å². The average molecular weight is 387 g/mol. The van der Waals surface area contributed by atoms with Crippen LogP contribution in [-0.4, -0.2) is 39.8 Å². The van der Waals surface area contributed by atoms with E-state index in [0.29, 0.717) is 17.2 Å². The standard InChI is InChI=1S/C21H25NO6/c1-6-14-9-7-8-13(2)19(14)22-18(23)12-28-21(24)15-10-16(25-3)20(27-5)17(11-15)26-4/h7-11H,6,12H2,1-5H3,(H,22,23). The smallest absolute Gasteiger partial charge is 0.338 e. The zero-order valence-corrected chi connectivity index (χ0v) is 16.8. The first-order chi connectivity index (χ1) is 13.4. The largest absolute Gasteiger partial charge is 0.493 e. The Bertz CT molecular complexity index is 837. The maximum Gasteiger partial charge on any atom is 0.338 e. The summed E-state index contributed by atoms with van der Waals surface area (Å²) in [5.41, 5.74) is 2.90. The summed E-state index contributed by atoms with van der Waals surface area (Å²) in [6.07, 6.45) is 0.780. The number of benzene rings is 2. The lowest BCUT2D eigenvalue weighted by molar-refractivity contribution is -0.119. The molecule has 0 saturated carbocycles. The van der Waals surface area contributed by atoms with E-state index >= 15 is 0 Å². The second-order valence-corrected chi connectivity index (χ2v) is 6.00. The van der Waals surface area contributed by atoms with Crippen molar-refractivity contribution in [2.24, 2.45) is 0 Å². The second kappa shape index (κ2) is 9.64. The van der Waals surface area contributed by atoms with Crippen molar-refractivity contribution in [1.29, 1.82) is 0 Å². The number of rotatable bonds is 8. The van der Waals surface area contributed by atoms with Crippen LogP contribution in [0.4, 0.5) is 5.69 Å². The van der Waals surface area contributed by atoms with Crippen LogP contribution in [0, 0.1) is 6.92 Å². The minimum Gasteiger partial charge on any atom is -0.493 e. The topological polar surface area (TPSA) is 83.1 Å². The van der Waals surface area contributed by atoms with Gasteiger partial charge in [-0.05, 0) is 36.6 Å². The molecule has 0 aromatic heterocycles. The van der Waals surface area contributed by atoms with Crippen molar-refractivity contribution in [3.63, 3.8) is 0 Å². The molecule has 1 N–H and O–H groups in total. The minimum atomic E-state index is -0.671. The summed E-state index contributed by atoms with van der Waals surface area (Å²) in [7, 11) is 4.37. The fourth-order valence-corrected chi connectivity index (χ4v) is 2.79. The Labute approximate surface area is 164 Å². The molecule has 2 rings (SSSR count). The van der Waals surface area contributed by atoms with Gasteiger partial charge in [-0.25, -0.2) is 4.79 Å². The number of carbonyl (C=O) groups is 2. The van der Waals surface area contributed by atoms with Crippen molar-refractivity contribution in [1.82, 2.24) is 0 Å². The molecule has 7 heteroatoms. The Hall–Kier alpha value is -3.22. The molecule has 0 saturated heterocycles. The highest BCUT2D eigenvalue weighted by Gasteiger charge is 2.19. The molecule has 28 heavy (non-hydrogen) atoms. The van der Waals surface area contributed by atoms with E-state index in [0.717, 1.165) is 23.2 Å². The molecular weight excluding hydrogens is 362 g/mol. The van der Waals surface area contributed by atoms with Crippen LogP contribution >= 0.6 is 0 Å². The predicted octanol–water partition coefficient (Wildman–Crippen LogP) is 3.38. The fourth-order valence-electron chi connectivity index (χ4n) is 2.79. The summed E-state index contributed by atoms with van der Waals surface area (Å²) in [6.45, 7) is 3.51. The Morgan fingerprint density at radius 3 is 2.18 bits per heavy atom. The summed E-state index contributed by atoms with van der Waals surface area (Å²) < 4.78 is 20.8. The molecule has 0 heterocycles. The zero-order valence-electron chi connectivity index (χ0n) is 16.8. The lowest BCUT2D eigenvalue weighted by Gasteiger charge is -2.14. The number of hydrogen-bond acceptors (Lipinski definition) is 6. The van der Waals surface area contributed by atoms with Crippen LogP contribution < -0.4 is 19.5 Å². The SMILES string of the molecule is CCc1cccc(C)c1NC(=O)COC(=O)c1cc(OC)c(OC)c(OC)c1. The molecule has 0 aliphatic rings. The van der Waals surface area contributed by atoms with Crippen molar-refractivity contribution in [3.8, 4) is 17.2 Å². The van der Waals surface area contributed by atoms with E-state index < -0.39 is 18.5 Å². The number of esters is 1. The molecule has 150 valence electrons. The molecule has 1 amide bonds. The third-order valence-electron chi connectivity index (χ3n) is 4.24. The highest BCUT2D eigenvalue weighted by Crippen LogP contribution is 2.38. The Morgan fingerprint density at radius 1 is 1.00 bits per heavy atom. The second-order valence-electron chi connectivity index (χ2n) is 6.00. The van der Waals surface area contributed by atoms with Gasteiger partial charge in [-0.15, -0.1) is 0 Å². The van der Waals surface area contributed by atoms with Crippen molar-refractivity contribution < 1.29 is 28.5 Å². The van der Waals surface area contributed by atoms with Gasteiger partial charge in [0.1, 0.15) is 0 Å². The first kappa shape index (κ1) is 21.1. The number of para-hydroxylation sites is 1. The van der Waals surface area contributed by atoms with E-state index in [1.165, 1.54) is 33.5 Å². The summed E-state index contributed by atoms with van der Waals surface area (Å²) in [4.78, 5) is 24.6. The van der Waals surface area contributed by atoms with Gasteiger partial charge < -0.3 is 24.3 Å². The molecule has 0 radical (unpaired) electrons. The average Bonchev–Trinajstić information content (AvgIpc) is 2.72. The summed E-state index contributed by atoms with van der Waals surface area (Å²) >= 11 is 0. The van der Waals surface area contributed by atoms with Gasteiger partial charge in [0.15, 0.2) is 18.1 Å². The number of anilines is 1. The van der Waals surface area contributed by atoms with E-state index in [2.05, 4.69) is 5.32 Å². The van der Waals surface area contributed by atoms with Gasteiger partial charge in [-0.3, -0.25) is 4.79 Å².